The predicted molar refractivity (Wildman–Crippen MR) is 199 cm³/mol. The van der Waals surface area contributed by atoms with E-state index < -0.39 is 18.0 Å². The first-order valence-corrected chi connectivity index (χ1v) is 17.9. The predicted octanol–water partition coefficient (Wildman–Crippen LogP) is 6.07. The van der Waals surface area contributed by atoms with Crippen LogP contribution in [0.2, 0.25) is 0 Å². The second-order valence-corrected chi connectivity index (χ2v) is 13.2. The summed E-state index contributed by atoms with van der Waals surface area (Å²) in [4.78, 5) is 44.9. The van der Waals surface area contributed by atoms with E-state index in [1.165, 1.54) is 29.9 Å². The van der Waals surface area contributed by atoms with E-state index in [1.807, 2.05) is 67.7 Å². The number of nitrogens with zero attached hydrogens (tertiary/aromatic N) is 4. The second-order valence-electron chi connectivity index (χ2n) is 12.2. The lowest BCUT2D eigenvalue weighted by molar-refractivity contribution is -0.139. The zero-order valence-electron chi connectivity index (χ0n) is 30.0. The average Bonchev–Trinajstić information content (AvgIpc) is 3.69. The number of hydrogen-bond donors (Lipinski definition) is 0. The summed E-state index contributed by atoms with van der Waals surface area (Å²) < 4.78 is 26.0. The van der Waals surface area contributed by atoms with Gasteiger partial charge in [0, 0.05) is 24.2 Å². The molecule has 3 aromatic carbocycles. The summed E-state index contributed by atoms with van der Waals surface area (Å²) in [6, 6.07) is 19.8. The number of benzene rings is 3. The maximum absolute atomic E-state index is 14.5. The van der Waals surface area contributed by atoms with Crippen LogP contribution in [0.4, 0.5) is 0 Å². The minimum Gasteiger partial charge on any atom is -0.493 e. The van der Waals surface area contributed by atoms with Gasteiger partial charge in [-0.3, -0.25) is 14.2 Å². The van der Waals surface area contributed by atoms with Gasteiger partial charge in [-0.2, -0.15) is 5.10 Å². The molecule has 6 rings (SSSR count). The van der Waals surface area contributed by atoms with E-state index in [2.05, 4.69) is 6.92 Å². The first kappa shape index (κ1) is 36.1. The fraction of sp³-hybridized carbons (Fsp3) is 0.275. The molecule has 0 bridgehead atoms. The summed E-state index contributed by atoms with van der Waals surface area (Å²) in [7, 11) is 1.45. The molecule has 1 aliphatic heterocycles. The molecule has 12 heteroatoms. The van der Waals surface area contributed by atoms with Crippen molar-refractivity contribution < 1.29 is 28.5 Å². The number of thiazole rings is 1. The van der Waals surface area contributed by atoms with Crippen molar-refractivity contribution in [1.82, 2.24) is 14.3 Å². The Balaban J connectivity index is 1.52. The van der Waals surface area contributed by atoms with Crippen molar-refractivity contribution in [3.63, 3.8) is 0 Å². The van der Waals surface area contributed by atoms with E-state index in [9.17, 15) is 14.4 Å². The molecule has 5 aromatic rings. The van der Waals surface area contributed by atoms with Gasteiger partial charge in [-0.1, -0.05) is 48.9 Å². The van der Waals surface area contributed by atoms with E-state index in [4.69, 9.17) is 29.0 Å². The number of fused-ring (bicyclic) bond motifs is 1. The van der Waals surface area contributed by atoms with Crippen LogP contribution in [0.3, 0.4) is 0 Å². The number of aryl methyl sites for hydroxylation is 1. The number of para-hydroxylation sites is 1. The zero-order chi connectivity index (χ0) is 36.9. The van der Waals surface area contributed by atoms with Crippen LogP contribution in [-0.2, 0) is 14.3 Å². The third-order valence-corrected chi connectivity index (χ3v) is 9.51. The van der Waals surface area contributed by atoms with Crippen LogP contribution in [0.25, 0.3) is 23.0 Å². The maximum Gasteiger partial charge on any atom is 0.338 e. The largest absolute Gasteiger partial charge is 0.493 e. The van der Waals surface area contributed by atoms with Gasteiger partial charge in [-0.05, 0) is 86.9 Å². The monoisotopic (exact) mass is 720 g/mol. The molecular weight excluding hydrogens is 681 g/mol. The molecule has 268 valence electrons. The van der Waals surface area contributed by atoms with E-state index in [-0.39, 0.29) is 29.2 Å². The topological polar surface area (TPSA) is 123 Å². The molecule has 0 aliphatic carbocycles. The smallest absolute Gasteiger partial charge is 0.338 e. The Hall–Kier alpha value is -5.75. The Morgan fingerprint density at radius 2 is 1.75 bits per heavy atom. The fourth-order valence-corrected chi connectivity index (χ4v) is 7.09. The highest BCUT2D eigenvalue weighted by atomic mass is 32.1. The summed E-state index contributed by atoms with van der Waals surface area (Å²) in [5, 5.41) is 4.98. The number of allylic oxidation sites excluding steroid dienone is 1. The van der Waals surface area contributed by atoms with Crippen LogP contribution in [0, 0.1) is 6.92 Å². The highest BCUT2D eigenvalue weighted by Crippen LogP contribution is 2.36. The molecule has 2 aromatic heterocycles. The second kappa shape index (κ2) is 15.6. The van der Waals surface area contributed by atoms with Crippen molar-refractivity contribution in [3.8, 4) is 34.2 Å². The Labute approximate surface area is 305 Å². The minimum absolute atomic E-state index is 0.140. The fourth-order valence-electron chi connectivity index (χ4n) is 6.06. The van der Waals surface area contributed by atoms with Crippen LogP contribution in [0.5, 0.6) is 17.2 Å². The number of carbonyl (C=O) groups excluding carboxylic acids is 2. The van der Waals surface area contributed by atoms with E-state index >= 15 is 0 Å². The van der Waals surface area contributed by atoms with Gasteiger partial charge in [0.15, 0.2) is 16.3 Å². The lowest BCUT2D eigenvalue weighted by atomic mass is 9.95. The molecule has 0 radical (unpaired) electrons. The number of aromatic nitrogens is 3. The molecule has 0 N–H and O–H groups in total. The zero-order valence-corrected chi connectivity index (χ0v) is 30.8. The van der Waals surface area contributed by atoms with Crippen molar-refractivity contribution in [3.05, 3.63) is 121 Å². The normalized spacial score (nSPS) is 14.1. The third kappa shape index (κ3) is 7.33. The average molecular weight is 721 g/mol. The van der Waals surface area contributed by atoms with Gasteiger partial charge in [0.2, 0.25) is 0 Å². The number of carbonyl (C=O) groups is 2. The summed E-state index contributed by atoms with van der Waals surface area (Å²) in [5.41, 5.74) is 4.96. The SMILES string of the molecule is CCCCOc1ccc(-c2nn(-c3ccccc3)cc2/C=c2\sc3n(c2=O)C(c2ccc(OC(C)=O)c(OC)c2)C(C(=O)OCC)=C(C)N=3)cc1C. The highest BCUT2D eigenvalue weighted by Gasteiger charge is 2.34. The van der Waals surface area contributed by atoms with Crippen LogP contribution in [0.15, 0.2) is 94.0 Å². The van der Waals surface area contributed by atoms with Crippen molar-refractivity contribution in [2.24, 2.45) is 4.99 Å². The molecule has 1 aliphatic rings. The van der Waals surface area contributed by atoms with Gasteiger partial charge in [-0.25, -0.2) is 14.5 Å². The minimum atomic E-state index is -0.896. The standard InChI is InChI=1S/C40H40N4O7S/c1-7-9-19-50-31-17-15-27(20-24(31)3)36-29(23-43(42-36)30-13-11-10-12-14-30)22-34-38(46)44-37(28-16-18-32(51-26(5)45)33(21-28)48-6)35(39(47)49-8-2)25(4)41-40(44)52-34/h10-18,20-23,37H,7-9,19H2,1-6H3/b34-22-. The molecule has 0 spiro atoms. The summed E-state index contributed by atoms with van der Waals surface area (Å²) in [5.74, 6) is 0.198. The Kier molecular flexibility index (Phi) is 10.8. The number of ether oxygens (including phenoxy) is 4. The van der Waals surface area contributed by atoms with Crippen LogP contribution >= 0.6 is 11.3 Å². The molecule has 1 unspecified atom stereocenters. The molecule has 1 atom stereocenters. The Bertz CT molecular complexity index is 2350. The van der Waals surface area contributed by atoms with Gasteiger partial charge in [0.05, 0.1) is 47.9 Å². The van der Waals surface area contributed by atoms with Crippen LogP contribution in [0.1, 0.15) is 63.3 Å². The summed E-state index contributed by atoms with van der Waals surface area (Å²) >= 11 is 1.22. The van der Waals surface area contributed by atoms with E-state index in [0.717, 1.165) is 41.0 Å². The Morgan fingerprint density at radius 1 is 0.981 bits per heavy atom. The number of unbranched alkanes of at least 4 members (excludes halogenated alkanes) is 1. The number of hydrogen-bond acceptors (Lipinski definition) is 10. The highest BCUT2D eigenvalue weighted by molar-refractivity contribution is 7.07. The quantitative estimate of drug-likeness (QED) is 0.0865. The summed E-state index contributed by atoms with van der Waals surface area (Å²) in [6.45, 7) is 9.66. The van der Waals surface area contributed by atoms with Crippen molar-refractivity contribution in [2.45, 2.75) is 53.5 Å². The molecule has 0 saturated carbocycles. The molecule has 0 saturated heterocycles. The molecule has 3 heterocycles. The van der Waals surface area contributed by atoms with Crippen LogP contribution < -0.4 is 29.1 Å². The van der Waals surface area contributed by atoms with Gasteiger partial charge in [0.1, 0.15) is 11.4 Å². The van der Waals surface area contributed by atoms with Gasteiger partial charge in [0.25, 0.3) is 5.56 Å². The third-order valence-electron chi connectivity index (χ3n) is 8.53. The first-order valence-electron chi connectivity index (χ1n) is 17.1. The van der Waals surface area contributed by atoms with Crippen LogP contribution in [-0.4, -0.2) is 46.6 Å². The van der Waals surface area contributed by atoms with Gasteiger partial charge in [-0.15, -0.1) is 0 Å². The first-order chi connectivity index (χ1) is 25.1. The van der Waals surface area contributed by atoms with E-state index in [0.29, 0.717) is 32.9 Å². The van der Waals surface area contributed by atoms with Gasteiger partial charge >= 0.3 is 11.9 Å². The lowest BCUT2D eigenvalue weighted by Crippen LogP contribution is -2.40. The molecular formula is C40H40N4O7S. The van der Waals surface area contributed by atoms with Crippen molar-refractivity contribution in [2.75, 3.05) is 20.3 Å². The maximum atomic E-state index is 14.5. The molecule has 0 fully saturated rings. The van der Waals surface area contributed by atoms with Crippen molar-refractivity contribution in [1.29, 1.82) is 0 Å². The molecule has 11 nitrogen and oxygen atoms in total. The number of rotatable bonds is 12. The van der Waals surface area contributed by atoms with Crippen molar-refractivity contribution >= 4 is 29.4 Å². The van der Waals surface area contributed by atoms with E-state index in [1.54, 1.807) is 36.7 Å². The Morgan fingerprint density at radius 3 is 2.44 bits per heavy atom. The molecule has 52 heavy (non-hydrogen) atoms. The molecule has 0 amide bonds. The number of esters is 2. The number of methoxy groups -OCH3 is 1. The van der Waals surface area contributed by atoms with Gasteiger partial charge < -0.3 is 18.9 Å². The summed E-state index contributed by atoms with van der Waals surface area (Å²) in [6.07, 6.45) is 5.73. The lowest BCUT2D eigenvalue weighted by Gasteiger charge is -2.25.